The SMILES string of the molecule is COc1ccc(C(N)=O)cc1COc1cccc(Cl)c1. The molecule has 2 rings (SSSR count). The second kappa shape index (κ2) is 6.30. The van der Waals surface area contributed by atoms with Crippen LogP contribution >= 0.6 is 11.6 Å². The minimum Gasteiger partial charge on any atom is -0.496 e. The molecule has 0 saturated heterocycles. The standard InChI is InChI=1S/C15H14ClNO3/c1-19-14-6-5-10(15(17)18)7-11(14)9-20-13-4-2-3-12(16)8-13/h2-8H,9H2,1H3,(H2,17,18). The normalized spacial score (nSPS) is 10.1. The molecule has 0 radical (unpaired) electrons. The molecule has 1 amide bonds. The lowest BCUT2D eigenvalue weighted by atomic mass is 10.1. The average Bonchev–Trinajstić information content (AvgIpc) is 2.44. The number of nitrogens with two attached hydrogens (primary N) is 1. The van der Waals surface area contributed by atoms with Gasteiger partial charge in [-0.05, 0) is 36.4 Å². The lowest BCUT2D eigenvalue weighted by molar-refractivity contribution is 0.1000. The second-order valence-corrected chi connectivity index (χ2v) is 4.57. The molecule has 0 saturated carbocycles. The Morgan fingerprint density at radius 1 is 1.25 bits per heavy atom. The molecule has 4 nitrogen and oxygen atoms in total. The summed E-state index contributed by atoms with van der Waals surface area (Å²) in [6, 6.07) is 12.0. The molecule has 2 N–H and O–H groups in total. The molecule has 104 valence electrons. The maximum atomic E-state index is 11.2. The van der Waals surface area contributed by atoms with Crippen molar-refractivity contribution in [3.05, 3.63) is 58.6 Å². The van der Waals surface area contributed by atoms with E-state index < -0.39 is 5.91 Å². The first-order chi connectivity index (χ1) is 9.60. The minimum absolute atomic E-state index is 0.255. The lowest BCUT2D eigenvalue weighted by Crippen LogP contribution is -2.12. The Hall–Kier alpha value is -2.20. The van der Waals surface area contributed by atoms with Gasteiger partial charge in [-0.15, -0.1) is 0 Å². The van der Waals surface area contributed by atoms with Gasteiger partial charge < -0.3 is 15.2 Å². The smallest absolute Gasteiger partial charge is 0.248 e. The van der Waals surface area contributed by atoms with E-state index in [0.29, 0.717) is 22.1 Å². The van der Waals surface area contributed by atoms with Crippen molar-refractivity contribution in [1.82, 2.24) is 0 Å². The molecular weight excluding hydrogens is 278 g/mol. The molecule has 0 atom stereocenters. The molecule has 0 aliphatic rings. The molecule has 0 aliphatic heterocycles. The summed E-state index contributed by atoms with van der Waals surface area (Å²) in [7, 11) is 1.56. The lowest BCUT2D eigenvalue weighted by Gasteiger charge is -2.11. The van der Waals surface area contributed by atoms with Gasteiger partial charge in [-0.3, -0.25) is 4.79 Å². The van der Waals surface area contributed by atoms with Crippen molar-refractivity contribution in [3.8, 4) is 11.5 Å². The molecule has 0 fully saturated rings. The Bertz CT molecular complexity index is 628. The molecule has 0 unspecified atom stereocenters. The van der Waals surface area contributed by atoms with Crippen LogP contribution in [0.3, 0.4) is 0 Å². The Balaban J connectivity index is 2.19. The number of methoxy groups -OCH3 is 1. The van der Waals surface area contributed by atoms with Crippen LogP contribution in [0.4, 0.5) is 0 Å². The van der Waals surface area contributed by atoms with E-state index in [-0.39, 0.29) is 6.61 Å². The molecular formula is C15H14ClNO3. The van der Waals surface area contributed by atoms with Gasteiger partial charge in [-0.1, -0.05) is 17.7 Å². The number of hydrogen-bond donors (Lipinski definition) is 1. The summed E-state index contributed by atoms with van der Waals surface area (Å²) >= 11 is 5.89. The van der Waals surface area contributed by atoms with Crippen LogP contribution in [0.15, 0.2) is 42.5 Å². The van der Waals surface area contributed by atoms with Crippen LogP contribution in [0.2, 0.25) is 5.02 Å². The molecule has 2 aromatic rings. The van der Waals surface area contributed by atoms with Crippen LogP contribution in [-0.4, -0.2) is 13.0 Å². The summed E-state index contributed by atoms with van der Waals surface area (Å²) in [4.78, 5) is 11.2. The van der Waals surface area contributed by atoms with Gasteiger partial charge in [-0.2, -0.15) is 0 Å². The van der Waals surface area contributed by atoms with E-state index in [1.54, 1.807) is 49.6 Å². The summed E-state index contributed by atoms with van der Waals surface area (Å²) in [6.07, 6.45) is 0. The third kappa shape index (κ3) is 3.42. The summed E-state index contributed by atoms with van der Waals surface area (Å²) < 4.78 is 10.9. The molecule has 0 aliphatic carbocycles. The number of amides is 1. The first-order valence-corrected chi connectivity index (χ1v) is 6.33. The number of ether oxygens (including phenoxy) is 2. The fourth-order valence-corrected chi connectivity index (χ4v) is 1.94. The average molecular weight is 292 g/mol. The number of rotatable bonds is 5. The number of benzene rings is 2. The molecule has 0 heterocycles. The van der Waals surface area contributed by atoms with E-state index in [2.05, 4.69) is 0 Å². The topological polar surface area (TPSA) is 61.5 Å². The highest BCUT2D eigenvalue weighted by molar-refractivity contribution is 6.30. The van der Waals surface area contributed by atoms with Crippen molar-refractivity contribution in [1.29, 1.82) is 0 Å². The number of carbonyl (C=O) groups is 1. The zero-order chi connectivity index (χ0) is 14.5. The Morgan fingerprint density at radius 2 is 2.05 bits per heavy atom. The second-order valence-electron chi connectivity index (χ2n) is 4.14. The summed E-state index contributed by atoms with van der Waals surface area (Å²) in [5.74, 6) is 0.790. The van der Waals surface area contributed by atoms with Gasteiger partial charge >= 0.3 is 0 Å². The maximum Gasteiger partial charge on any atom is 0.248 e. The minimum atomic E-state index is -0.489. The molecule has 0 bridgehead atoms. The van der Waals surface area contributed by atoms with Gasteiger partial charge in [0.05, 0.1) is 7.11 Å². The predicted molar refractivity (Wildman–Crippen MR) is 77.3 cm³/mol. The predicted octanol–water partition coefficient (Wildman–Crippen LogP) is 3.03. The van der Waals surface area contributed by atoms with E-state index in [1.807, 2.05) is 0 Å². The zero-order valence-electron chi connectivity index (χ0n) is 10.9. The summed E-state index contributed by atoms with van der Waals surface area (Å²) in [5, 5.41) is 0.598. The van der Waals surface area contributed by atoms with Crippen LogP contribution in [-0.2, 0) is 6.61 Å². The van der Waals surface area contributed by atoms with Gasteiger partial charge in [0.2, 0.25) is 5.91 Å². The van der Waals surface area contributed by atoms with Crippen molar-refractivity contribution in [2.45, 2.75) is 6.61 Å². The van der Waals surface area contributed by atoms with E-state index in [1.165, 1.54) is 0 Å². The fourth-order valence-electron chi connectivity index (χ4n) is 1.76. The van der Waals surface area contributed by atoms with Crippen molar-refractivity contribution in [2.24, 2.45) is 5.73 Å². The van der Waals surface area contributed by atoms with Crippen LogP contribution < -0.4 is 15.2 Å². The van der Waals surface area contributed by atoms with Crippen LogP contribution in [0, 0.1) is 0 Å². The van der Waals surface area contributed by atoms with Gasteiger partial charge in [0.1, 0.15) is 18.1 Å². The quantitative estimate of drug-likeness (QED) is 0.921. The fraction of sp³-hybridized carbons (Fsp3) is 0.133. The zero-order valence-corrected chi connectivity index (χ0v) is 11.7. The Kier molecular flexibility index (Phi) is 4.48. The van der Waals surface area contributed by atoms with Crippen molar-refractivity contribution in [2.75, 3.05) is 7.11 Å². The van der Waals surface area contributed by atoms with Gasteiger partial charge in [0.15, 0.2) is 0 Å². The first kappa shape index (κ1) is 14.2. The third-order valence-electron chi connectivity index (χ3n) is 2.76. The highest BCUT2D eigenvalue weighted by atomic mass is 35.5. The number of hydrogen-bond acceptors (Lipinski definition) is 3. The highest BCUT2D eigenvalue weighted by Crippen LogP contribution is 2.23. The van der Waals surface area contributed by atoms with Gasteiger partial charge in [0.25, 0.3) is 0 Å². The maximum absolute atomic E-state index is 11.2. The highest BCUT2D eigenvalue weighted by Gasteiger charge is 2.08. The van der Waals surface area contributed by atoms with Gasteiger partial charge in [0, 0.05) is 16.1 Å². The van der Waals surface area contributed by atoms with Crippen LogP contribution in [0.1, 0.15) is 15.9 Å². The third-order valence-corrected chi connectivity index (χ3v) is 2.99. The molecule has 2 aromatic carbocycles. The summed E-state index contributed by atoms with van der Waals surface area (Å²) in [5.41, 5.74) is 6.42. The number of carbonyl (C=O) groups excluding carboxylic acids is 1. The molecule has 0 spiro atoms. The molecule has 20 heavy (non-hydrogen) atoms. The van der Waals surface area contributed by atoms with Crippen LogP contribution in [0.25, 0.3) is 0 Å². The van der Waals surface area contributed by atoms with Gasteiger partial charge in [-0.25, -0.2) is 0 Å². The largest absolute Gasteiger partial charge is 0.496 e. The van der Waals surface area contributed by atoms with E-state index in [9.17, 15) is 4.79 Å². The molecule has 5 heteroatoms. The van der Waals surface area contributed by atoms with E-state index in [4.69, 9.17) is 26.8 Å². The van der Waals surface area contributed by atoms with Crippen molar-refractivity contribution in [3.63, 3.8) is 0 Å². The van der Waals surface area contributed by atoms with E-state index >= 15 is 0 Å². The van der Waals surface area contributed by atoms with Crippen LogP contribution in [0.5, 0.6) is 11.5 Å². The Morgan fingerprint density at radius 3 is 2.70 bits per heavy atom. The monoisotopic (exact) mass is 291 g/mol. The number of halogens is 1. The van der Waals surface area contributed by atoms with Crippen molar-refractivity contribution < 1.29 is 14.3 Å². The van der Waals surface area contributed by atoms with E-state index in [0.717, 1.165) is 5.56 Å². The van der Waals surface area contributed by atoms with Crippen molar-refractivity contribution >= 4 is 17.5 Å². The summed E-state index contributed by atoms with van der Waals surface area (Å²) in [6.45, 7) is 0.255. The number of primary amides is 1. The Labute approximate surface area is 122 Å². The molecule has 0 aromatic heterocycles. The first-order valence-electron chi connectivity index (χ1n) is 5.95.